The van der Waals surface area contributed by atoms with Crippen molar-refractivity contribution in [2.75, 3.05) is 53.9 Å². The molecule has 146 valence electrons. The highest BCUT2D eigenvalue weighted by Gasteiger charge is 2.21. The number of piperazine rings is 1. The van der Waals surface area contributed by atoms with Gasteiger partial charge >= 0.3 is 0 Å². The maximum atomic E-state index is 4.92. The molecule has 0 saturated carbocycles. The number of benzene rings is 1. The zero-order chi connectivity index (χ0) is 19.1. The minimum atomic E-state index is 0.302. The molecule has 7 heteroatoms. The molecule has 1 aliphatic heterocycles. The molecule has 2 heterocycles. The van der Waals surface area contributed by atoms with Crippen molar-refractivity contribution in [1.29, 1.82) is 0 Å². The Hall–Kier alpha value is -2.38. The average molecular weight is 371 g/mol. The van der Waals surface area contributed by atoms with Gasteiger partial charge in [0.15, 0.2) is 5.96 Å². The van der Waals surface area contributed by atoms with Crippen molar-refractivity contribution in [2.45, 2.75) is 12.6 Å². The molecule has 1 fully saturated rings. The monoisotopic (exact) mass is 370 g/mol. The van der Waals surface area contributed by atoms with Crippen molar-refractivity contribution in [2.24, 2.45) is 4.99 Å². The third kappa shape index (κ3) is 5.30. The molecule has 1 aromatic carbocycles. The summed E-state index contributed by atoms with van der Waals surface area (Å²) < 4.78 is 4.92. The largest absolute Gasteiger partial charge is 0.364 e. The van der Waals surface area contributed by atoms with Crippen LogP contribution in [0.25, 0.3) is 0 Å². The van der Waals surface area contributed by atoms with E-state index in [0.29, 0.717) is 6.04 Å². The zero-order valence-corrected chi connectivity index (χ0v) is 16.5. The third-order valence-electron chi connectivity index (χ3n) is 5.02. The van der Waals surface area contributed by atoms with Crippen LogP contribution in [0.3, 0.4) is 0 Å². The smallest absolute Gasteiger partial charge is 0.193 e. The van der Waals surface area contributed by atoms with E-state index in [4.69, 9.17) is 4.52 Å². The Labute approximate surface area is 161 Å². The number of nitrogens with one attached hydrogen (secondary N) is 1. The average Bonchev–Trinajstić information content (AvgIpc) is 3.20. The number of nitrogens with zero attached hydrogens (tertiary/aromatic N) is 5. The quantitative estimate of drug-likeness (QED) is 0.617. The van der Waals surface area contributed by atoms with E-state index < -0.39 is 0 Å². The zero-order valence-electron chi connectivity index (χ0n) is 16.5. The molecule has 0 spiro atoms. The molecule has 0 bridgehead atoms. The molecular weight excluding hydrogens is 340 g/mol. The number of likely N-dealkylation sites (N-methyl/N-ethyl adjacent to an activating group) is 1. The van der Waals surface area contributed by atoms with E-state index in [2.05, 4.69) is 74.6 Å². The van der Waals surface area contributed by atoms with Crippen LogP contribution >= 0.6 is 0 Å². The first-order valence-electron chi connectivity index (χ1n) is 9.46. The molecule has 27 heavy (non-hydrogen) atoms. The van der Waals surface area contributed by atoms with Crippen LogP contribution in [-0.4, -0.2) is 79.7 Å². The van der Waals surface area contributed by atoms with Crippen LogP contribution in [0.5, 0.6) is 0 Å². The fourth-order valence-corrected chi connectivity index (χ4v) is 3.46. The van der Waals surface area contributed by atoms with Crippen LogP contribution in [0, 0.1) is 0 Å². The number of hydrogen-bond donors (Lipinski definition) is 1. The van der Waals surface area contributed by atoms with Gasteiger partial charge < -0.3 is 19.6 Å². The van der Waals surface area contributed by atoms with Gasteiger partial charge in [-0.3, -0.25) is 9.89 Å². The van der Waals surface area contributed by atoms with Crippen molar-refractivity contribution in [1.82, 2.24) is 25.2 Å². The Kier molecular flexibility index (Phi) is 6.84. The second-order valence-electron chi connectivity index (χ2n) is 7.07. The highest BCUT2D eigenvalue weighted by Crippen LogP contribution is 2.17. The summed E-state index contributed by atoms with van der Waals surface area (Å²) >= 11 is 0. The van der Waals surface area contributed by atoms with Gasteiger partial charge in [0, 0.05) is 52.4 Å². The Morgan fingerprint density at radius 3 is 2.52 bits per heavy atom. The summed E-state index contributed by atoms with van der Waals surface area (Å²) in [6.07, 6.45) is 1.63. The van der Waals surface area contributed by atoms with Gasteiger partial charge in [-0.1, -0.05) is 35.5 Å². The lowest BCUT2D eigenvalue weighted by Crippen LogP contribution is -2.53. The molecule has 1 saturated heterocycles. The van der Waals surface area contributed by atoms with E-state index >= 15 is 0 Å². The summed E-state index contributed by atoms with van der Waals surface area (Å²) in [5, 5.41) is 7.57. The Bertz CT molecular complexity index is 693. The second kappa shape index (κ2) is 9.53. The van der Waals surface area contributed by atoms with Gasteiger partial charge in [-0.05, 0) is 19.7 Å². The van der Waals surface area contributed by atoms with Gasteiger partial charge in [0.25, 0.3) is 0 Å². The molecule has 0 amide bonds. The van der Waals surface area contributed by atoms with Crippen LogP contribution in [0.1, 0.15) is 17.3 Å². The highest BCUT2D eigenvalue weighted by molar-refractivity contribution is 5.80. The molecule has 0 radical (unpaired) electrons. The molecule has 1 atom stereocenters. The van der Waals surface area contributed by atoms with Gasteiger partial charge in [0.1, 0.15) is 6.26 Å². The van der Waals surface area contributed by atoms with Gasteiger partial charge in [0.2, 0.25) is 0 Å². The van der Waals surface area contributed by atoms with E-state index in [9.17, 15) is 0 Å². The lowest BCUT2D eigenvalue weighted by Gasteiger charge is -2.37. The molecule has 0 aliphatic carbocycles. The summed E-state index contributed by atoms with van der Waals surface area (Å²) in [6.45, 7) is 5.55. The molecular formula is C20H30N6O. The molecule has 7 nitrogen and oxygen atoms in total. The molecule has 2 aromatic rings. The molecule has 1 aliphatic rings. The van der Waals surface area contributed by atoms with Crippen LogP contribution in [0.15, 0.2) is 52.2 Å². The van der Waals surface area contributed by atoms with Crippen molar-refractivity contribution < 1.29 is 4.52 Å². The summed E-state index contributed by atoms with van der Waals surface area (Å²) in [5.41, 5.74) is 2.30. The number of guanidine groups is 1. The van der Waals surface area contributed by atoms with E-state index in [1.165, 1.54) is 5.56 Å². The topological polar surface area (TPSA) is 60.1 Å². The normalized spacial score (nSPS) is 17.3. The van der Waals surface area contributed by atoms with Gasteiger partial charge in [0.05, 0.1) is 11.7 Å². The molecule has 1 N–H and O–H groups in total. The first-order chi connectivity index (χ1) is 13.2. The predicted molar refractivity (Wildman–Crippen MR) is 108 cm³/mol. The standard InChI is InChI=1S/C20H30N6O/c1-21-20(22-15-19(24(2)3)17-7-5-4-6-8-17)26-12-10-25(11-13-26)16-18-9-14-27-23-18/h4-9,14,19H,10-13,15-16H2,1-3H3,(H,21,22). The van der Waals surface area contributed by atoms with Gasteiger partial charge in [-0.2, -0.15) is 0 Å². The first-order valence-corrected chi connectivity index (χ1v) is 9.46. The molecule has 3 rings (SSSR count). The minimum Gasteiger partial charge on any atom is -0.364 e. The van der Waals surface area contributed by atoms with E-state index in [1.54, 1.807) is 6.26 Å². The van der Waals surface area contributed by atoms with E-state index in [1.807, 2.05) is 13.1 Å². The number of aliphatic imine (C=N–C) groups is 1. The fraction of sp³-hybridized carbons (Fsp3) is 0.500. The van der Waals surface area contributed by atoms with Crippen molar-refractivity contribution in [3.05, 3.63) is 53.9 Å². The third-order valence-corrected chi connectivity index (χ3v) is 5.02. The van der Waals surface area contributed by atoms with E-state index in [-0.39, 0.29) is 0 Å². The summed E-state index contributed by atoms with van der Waals surface area (Å²) in [6, 6.07) is 12.8. The van der Waals surface area contributed by atoms with Crippen molar-refractivity contribution in [3.63, 3.8) is 0 Å². The van der Waals surface area contributed by atoms with Crippen LogP contribution in [0.4, 0.5) is 0 Å². The maximum absolute atomic E-state index is 4.92. The summed E-state index contributed by atoms with van der Waals surface area (Å²) in [5.74, 6) is 0.971. The summed E-state index contributed by atoms with van der Waals surface area (Å²) in [4.78, 5) is 11.5. The lowest BCUT2D eigenvalue weighted by molar-refractivity contribution is 0.168. The summed E-state index contributed by atoms with van der Waals surface area (Å²) in [7, 11) is 6.09. The van der Waals surface area contributed by atoms with Gasteiger partial charge in [-0.15, -0.1) is 0 Å². The number of aromatic nitrogens is 1. The van der Waals surface area contributed by atoms with Crippen LogP contribution < -0.4 is 5.32 Å². The Balaban J connectivity index is 1.52. The van der Waals surface area contributed by atoms with Crippen molar-refractivity contribution in [3.8, 4) is 0 Å². The highest BCUT2D eigenvalue weighted by atomic mass is 16.5. The van der Waals surface area contributed by atoms with Gasteiger partial charge in [-0.25, -0.2) is 0 Å². The predicted octanol–water partition coefficient (Wildman–Crippen LogP) is 1.67. The fourth-order valence-electron chi connectivity index (χ4n) is 3.46. The maximum Gasteiger partial charge on any atom is 0.193 e. The van der Waals surface area contributed by atoms with Crippen LogP contribution in [0.2, 0.25) is 0 Å². The second-order valence-corrected chi connectivity index (χ2v) is 7.07. The van der Waals surface area contributed by atoms with E-state index in [0.717, 1.165) is 50.9 Å². The number of hydrogen-bond acceptors (Lipinski definition) is 5. The lowest BCUT2D eigenvalue weighted by atomic mass is 10.1. The Morgan fingerprint density at radius 2 is 1.93 bits per heavy atom. The van der Waals surface area contributed by atoms with Crippen molar-refractivity contribution >= 4 is 5.96 Å². The Morgan fingerprint density at radius 1 is 1.19 bits per heavy atom. The molecule has 1 unspecified atom stereocenters. The molecule has 1 aromatic heterocycles. The minimum absolute atomic E-state index is 0.302. The van der Waals surface area contributed by atoms with Crippen LogP contribution in [-0.2, 0) is 6.54 Å². The SMILES string of the molecule is CN=C(NCC(c1ccccc1)N(C)C)N1CCN(Cc2ccon2)CC1. The first kappa shape index (κ1) is 19.4. The number of rotatable bonds is 6.